The molecule has 2 heterocycles. The molecule has 1 aliphatic heterocycles. The molecular formula is C28H27N3O2S2. The Morgan fingerprint density at radius 2 is 1.74 bits per heavy atom. The maximum Gasteiger partial charge on any atom is 0.410 e. The van der Waals surface area contributed by atoms with Crippen molar-refractivity contribution in [2.75, 3.05) is 12.4 Å². The van der Waals surface area contributed by atoms with E-state index in [1.54, 1.807) is 35.0 Å². The van der Waals surface area contributed by atoms with Gasteiger partial charge in [-0.1, -0.05) is 74.1 Å². The van der Waals surface area contributed by atoms with E-state index in [2.05, 4.69) is 60.9 Å². The molecule has 0 fully saturated rings. The normalized spacial score (nSPS) is 12.9. The number of aromatic nitrogens is 1. The molecule has 0 radical (unpaired) electrons. The molecule has 1 atom stereocenters. The van der Waals surface area contributed by atoms with Crippen LogP contribution in [-0.2, 0) is 11.3 Å². The molecule has 7 heteroatoms. The molecule has 1 unspecified atom stereocenters. The lowest BCUT2D eigenvalue weighted by Crippen LogP contribution is -2.34. The molecule has 178 valence electrons. The second-order valence-electron chi connectivity index (χ2n) is 8.85. The maximum absolute atomic E-state index is 12.8. The zero-order valence-corrected chi connectivity index (χ0v) is 21.5. The topological polar surface area (TPSA) is 54.5 Å². The van der Waals surface area contributed by atoms with Crippen molar-refractivity contribution in [3.63, 3.8) is 0 Å². The first-order chi connectivity index (χ1) is 17.0. The van der Waals surface area contributed by atoms with Gasteiger partial charge >= 0.3 is 6.09 Å². The van der Waals surface area contributed by atoms with E-state index in [1.807, 2.05) is 36.4 Å². The summed E-state index contributed by atoms with van der Waals surface area (Å²) >= 11 is 3.35. The van der Waals surface area contributed by atoms with E-state index in [9.17, 15) is 4.79 Å². The van der Waals surface area contributed by atoms with Gasteiger partial charge in [-0.3, -0.25) is 0 Å². The van der Waals surface area contributed by atoms with Crippen LogP contribution in [-0.4, -0.2) is 23.0 Å². The van der Waals surface area contributed by atoms with E-state index in [0.717, 1.165) is 33.2 Å². The highest BCUT2D eigenvalue weighted by Crippen LogP contribution is 2.45. The summed E-state index contributed by atoms with van der Waals surface area (Å²) in [6.07, 6.45) is -0.349. The number of anilines is 2. The van der Waals surface area contributed by atoms with Crippen LogP contribution in [0.25, 0.3) is 11.3 Å². The third kappa shape index (κ3) is 5.06. The number of fused-ring (bicyclic) bond motifs is 2. The molecule has 0 bridgehead atoms. The second-order valence-corrected chi connectivity index (χ2v) is 10.8. The standard InChI is InChI=1S/C28H27N3O2S2/c1-18(2)26(31(3)28(32)33-16-19-9-5-4-6-10-19)27-30-23(17-34-27)20-13-14-25-22(15-20)29-21-11-7-8-12-24(21)35-25/h4-15,17-18,26,29H,16H2,1-3H3. The van der Waals surface area contributed by atoms with E-state index < -0.39 is 0 Å². The number of nitrogens with zero attached hydrogens (tertiary/aromatic N) is 2. The predicted octanol–water partition coefficient (Wildman–Crippen LogP) is 7.98. The first kappa shape index (κ1) is 23.5. The number of thiazole rings is 1. The molecule has 35 heavy (non-hydrogen) atoms. The van der Waals surface area contributed by atoms with Crippen molar-refractivity contribution in [1.82, 2.24) is 9.88 Å². The molecule has 5 nitrogen and oxygen atoms in total. The summed E-state index contributed by atoms with van der Waals surface area (Å²) in [6.45, 7) is 4.45. The van der Waals surface area contributed by atoms with Crippen LogP contribution in [0.15, 0.2) is 88.0 Å². The van der Waals surface area contributed by atoms with Crippen molar-refractivity contribution in [3.05, 3.63) is 88.7 Å². The van der Waals surface area contributed by atoms with Crippen LogP contribution in [0, 0.1) is 5.92 Å². The summed E-state index contributed by atoms with van der Waals surface area (Å²) < 4.78 is 5.58. The highest BCUT2D eigenvalue weighted by Gasteiger charge is 2.29. The molecular weight excluding hydrogens is 474 g/mol. The summed E-state index contributed by atoms with van der Waals surface area (Å²) in [5.74, 6) is 0.182. The van der Waals surface area contributed by atoms with Gasteiger partial charge < -0.3 is 15.0 Å². The smallest absolute Gasteiger partial charge is 0.410 e. The molecule has 0 aliphatic carbocycles. The Morgan fingerprint density at radius 3 is 2.54 bits per heavy atom. The van der Waals surface area contributed by atoms with Gasteiger partial charge in [0.1, 0.15) is 11.6 Å². The number of carbonyl (C=O) groups is 1. The zero-order chi connectivity index (χ0) is 24.4. The Labute approximate surface area is 214 Å². The van der Waals surface area contributed by atoms with Crippen molar-refractivity contribution in [3.8, 4) is 11.3 Å². The molecule has 4 aromatic rings. The average molecular weight is 502 g/mol. The van der Waals surface area contributed by atoms with Crippen molar-refractivity contribution in [2.24, 2.45) is 5.92 Å². The Bertz CT molecular complexity index is 1340. The number of hydrogen-bond donors (Lipinski definition) is 1. The van der Waals surface area contributed by atoms with Crippen molar-refractivity contribution < 1.29 is 9.53 Å². The monoisotopic (exact) mass is 501 g/mol. The second kappa shape index (κ2) is 10.1. The largest absolute Gasteiger partial charge is 0.445 e. The minimum absolute atomic E-state index is 0.171. The van der Waals surface area contributed by atoms with E-state index in [0.29, 0.717) is 0 Å². The summed E-state index contributed by atoms with van der Waals surface area (Å²) in [5.41, 5.74) is 5.14. The summed E-state index contributed by atoms with van der Waals surface area (Å²) in [7, 11) is 1.79. The van der Waals surface area contributed by atoms with Crippen molar-refractivity contribution >= 4 is 40.6 Å². The third-order valence-corrected chi connectivity index (χ3v) is 8.04. The zero-order valence-electron chi connectivity index (χ0n) is 19.9. The Kier molecular flexibility index (Phi) is 6.79. The molecule has 5 rings (SSSR count). The average Bonchev–Trinajstić information content (AvgIpc) is 3.35. The summed E-state index contributed by atoms with van der Waals surface area (Å²) in [4.78, 5) is 21.9. The molecule has 0 spiro atoms. The highest BCUT2D eigenvalue weighted by atomic mass is 32.2. The molecule has 3 aromatic carbocycles. The lowest BCUT2D eigenvalue weighted by Gasteiger charge is -2.29. The van der Waals surface area contributed by atoms with Gasteiger partial charge in [0, 0.05) is 27.8 Å². The first-order valence-corrected chi connectivity index (χ1v) is 13.3. The number of rotatable bonds is 6. The van der Waals surface area contributed by atoms with Crippen LogP contribution in [0.5, 0.6) is 0 Å². The lowest BCUT2D eigenvalue weighted by atomic mass is 10.0. The van der Waals surface area contributed by atoms with Gasteiger partial charge in [-0.25, -0.2) is 9.78 Å². The summed E-state index contributed by atoms with van der Waals surface area (Å²) in [5, 5.41) is 6.52. The van der Waals surface area contributed by atoms with Crippen LogP contribution in [0.4, 0.5) is 16.2 Å². The van der Waals surface area contributed by atoms with Gasteiger partial charge in [0.15, 0.2) is 0 Å². The van der Waals surface area contributed by atoms with Crippen LogP contribution >= 0.6 is 23.1 Å². The predicted molar refractivity (Wildman–Crippen MR) is 143 cm³/mol. The first-order valence-electron chi connectivity index (χ1n) is 11.6. The number of benzene rings is 3. The fraction of sp³-hybridized carbons (Fsp3) is 0.214. The molecule has 1 amide bonds. The van der Waals surface area contributed by atoms with Crippen molar-refractivity contribution in [2.45, 2.75) is 36.3 Å². The third-order valence-electron chi connectivity index (χ3n) is 5.97. The number of para-hydroxylation sites is 1. The fourth-order valence-electron chi connectivity index (χ4n) is 4.19. The van der Waals surface area contributed by atoms with E-state index in [4.69, 9.17) is 9.72 Å². The van der Waals surface area contributed by atoms with Crippen LogP contribution in [0.1, 0.15) is 30.5 Å². The maximum atomic E-state index is 12.8. The number of ether oxygens (including phenoxy) is 1. The highest BCUT2D eigenvalue weighted by molar-refractivity contribution is 7.99. The van der Waals surface area contributed by atoms with E-state index in [-0.39, 0.29) is 24.7 Å². The van der Waals surface area contributed by atoms with Crippen LogP contribution < -0.4 is 5.32 Å². The minimum atomic E-state index is -0.349. The van der Waals surface area contributed by atoms with Crippen molar-refractivity contribution in [1.29, 1.82) is 0 Å². The molecule has 1 aliphatic rings. The van der Waals surface area contributed by atoms with Crippen LogP contribution in [0.2, 0.25) is 0 Å². The Hall–Kier alpha value is -3.29. The van der Waals surface area contributed by atoms with E-state index in [1.165, 1.54) is 9.79 Å². The van der Waals surface area contributed by atoms with Gasteiger partial charge in [-0.15, -0.1) is 11.3 Å². The van der Waals surface area contributed by atoms with Gasteiger partial charge in [0.2, 0.25) is 0 Å². The minimum Gasteiger partial charge on any atom is -0.445 e. The quantitative estimate of drug-likeness (QED) is 0.256. The number of hydrogen-bond acceptors (Lipinski definition) is 6. The number of carbonyl (C=O) groups excluding carboxylic acids is 1. The Balaban J connectivity index is 1.33. The van der Waals surface area contributed by atoms with Gasteiger partial charge in [0.25, 0.3) is 0 Å². The molecule has 1 N–H and O–H groups in total. The van der Waals surface area contributed by atoms with Gasteiger partial charge in [-0.2, -0.15) is 0 Å². The SMILES string of the molecule is CC(C)C(c1nc(-c2ccc3c(c2)Nc2ccccc2S3)cs1)N(C)C(=O)OCc1ccccc1. The number of amides is 1. The van der Waals surface area contributed by atoms with Gasteiger partial charge in [-0.05, 0) is 35.7 Å². The fourth-order valence-corrected chi connectivity index (χ4v) is 6.30. The molecule has 1 aromatic heterocycles. The lowest BCUT2D eigenvalue weighted by molar-refractivity contribution is 0.0819. The Morgan fingerprint density at radius 1 is 1.00 bits per heavy atom. The summed E-state index contributed by atoms with van der Waals surface area (Å²) in [6, 6.07) is 24.3. The van der Waals surface area contributed by atoms with Crippen LogP contribution in [0.3, 0.4) is 0 Å². The number of nitrogens with one attached hydrogen (secondary N) is 1. The van der Waals surface area contributed by atoms with Gasteiger partial charge in [0.05, 0.1) is 23.1 Å². The molecule has 0 saturated carbocycles. The molecule has 0 saturated heterocycles. The van der Waals surface area contributed by atoms with E-state index >= 15 is 0 Å².